The number of nitrogens with zero attached hydrogens (tertiary/aromatic N) is 4. The molecule has 2 N–H and O–H groups in total. The molecule has 1 aromatic carbocycles. The summed E-state index contributed by atoms with van der Waals surface area (Å²) in [6.45, 7) is 0.0259. The number of benzene rings is 1. The number of hydrogen-bond donors (Lipinski definition) is 2. The third-order valence-electron chi connectivity index (χ3n) is 4.90. The molecule has 9 nitrogen and oxygen atoms in total. The Morgan fingerprint density at radius 1 is 1.33 bits per heavy atom. The topological polar surface area (TPSA) is 123 Å². The maximum atomic E-state index is 12.7. The number of para-hydroxylation sites is 1. The predicted octanol–water partition coefficient (Wildman–Crippen LogP) is 2.13. The van der Waals surface area contributed by atoms with Crippen LogP contribution in [0.15, 0.2) is 35.5 Å². The maximum absolute atomic E-state index is 12.7. The summed E-state index contributed by atoms with van der Waals surface area (Å²) in [4.78, 5) is 28.3. The van der Waals surface area contributed by atoms with Crippen LogP contribution >= 0.6 is 0 Å². The van der Waals surface area contributed by atoms with Gasteiger partial charge in [-0.25, -0.2) is 4.68 Å². The zero-order valence-electron chi connectivity index (χ0n) is 14.6. The molecule has 2 aliphatic rings. The fraction of sp³-hybridized carbons (Fsp3) is 0.389. The second-order valence-electron chi connectivity index (χ2n) is 6.64. The summed E-state index contributed by atoms with van der Waals surface area (Å²) in [6.07, 6.45) is 2.85. The van der Waals surface area contributed by atoms with Crippen molar-refractivity contribution in [3.8, 4) is 0 Å². The molecule has 1 aromatic heterocycles. The van der Waals surface area contributed by atoms with E-state index in [-0.39, 0.29) is 18.1 Å². The van der Waals surface area contributed by atoms with E-state index in [1.807, 2.05) is 0 Å². The molecule has 9 heteroatoms. The number of nitrogens with one attached hydrogen (secondary N) is 1. The predicted molar refractivity (Wildman–Crippen MR) is 96.2 cm³/mol. The van der Waals surface area contributed by atoms with Gasteiger partial charge in [-0.15, -0.1) is 0 Å². The van der Waals surface area contributed by atoms with Gasteiger partial charge in [-0.1, -0.05) is 12.1 Å². The zero-order chi connectivity index (χ0) is 19.0. The van der Waals surface area contributed by atoms with Crippen molar-refractivity contribution >= 4 is 17.4 Å². The number of Topliss-reactive ketones (excluding diaryl/α,β-unsaturated/α-hetero) is 1. The number of allylic oxidation sites excluding steroid dienone is 2. The summed E-state index contributed by atoms with van der Waals surface area (Å²) < 4.78 is 1.57. The lowest BCUT2D eigenvalue weighted by molar-refractivity contribution is -0.385. The molecule has 0 radical (unpaired) electrons. The lowest BCUT2D eigenvalue weighted by atomic mass is 9.85. The van der Waals surface area contributed by atoms with Gasteiger partial charge in [0.05, 0.1) is 10.5 Å². The molecule has 140 valence electrons. The number of aliphatic hydroxyl groups is 1. The molecule has 2 heterocycles. The Bertz CT molecular complexity index is 949. The van der Waals surface area contributed by atoms with Crippen molar-refractivity contribution in [1.82, 2.24) is 14.8 Å². The lowest BCUT2D eigenvalue weighted by Crippen LogP contribution is -2.31. The minimum atomic E-state index is -0.680. The summed E-state index contributed by atoms with van der Waals surface area (Å²) in [6, 6.07) is 5.76. The van der Waals surface area contributed by atoms with Gasteiger partial charge in [0.2, 0.25) is 5.95 Å². The smallest absolute Gasteiger partial charge is 0.275 e. The van der Waals surface area contributed by atoms with Gasteiger partial charge in [-0.05, 0) is 25.3 Å². The summed E-state index contributed by atoms with van der Waals surface area (Å²) in [5, 5.41) is 28.3. The lowest BCUT2D eigenvalue weighted by Gasteiger charge is -2.31. The Labute approximate surface area is 154 Å². The van der Waals surface area contributed by atoms with Crippen molar-refractivity contribution < 1.29 is 14.8 Å². The number of nitro groups is 1. The largest absolute Gasteiger partial charge is 0.396 e. The van der Waals surface area contributed by atoms with Crippen molar-refractivity contribution in [2.24, 2.45) is 0 Å². The highest BCUT2D eigenvalue weighted by atomic mass is 16.6. The summed E-state index contributed by atoms with van der Waals surface area (Å²) in [7, 11) is 0. The molecule has 1 atom stereocenters. The third-order valence-corrected chi connectivity index (χ3v) is 4.90. The summed E-state index contributed by atoms with van der Waals surface area (Å²) >= 11 is 0. The van der Waals surface area contributed by atoms with Gasteiger partial charge in [0.15, 0.2) is 11.6 Å². The Balaban J connectivity index is 1.89. The number of nitro benzene ring substituents is 1. The Kier molecular flexibility index (Phi) is 4.44. The highest BCUT2D eigenvalue weighted by Gasteiger charge is 2.39. The molecule has 0 fully saturated rings. The standard InChI is InChI=1S/C18H19N5O4/c24-10-4-9-15-20-18-19-12-6-3-8-14(25)16(12)17(22(18)21-15)11-5-1-2-7-13(11)23(26)27/h1-2,5,7,17,24H,3-4,6,8-10H2,(H,19,20,21). The fourth-order valence-corrected chi connectivity index (χ4v) is 3.72. The molecule has 1 unspecified atom stereocenters. The number of aliphatic hydroxyl groups excluding tert-OH is 1. The van der Waals surface area contributed by atoms with Crippen LogP contribution < -0.4 is 5.32 Å². The minimum Gasteiger partial charge on any atom is -0.396 e. The first kappa shape index (κ1) is 17.3. The van der Waals surface area contributed by atoms with Crippen LogP contribution in [0.1, 0.15) is 43.1 Å². The van der Waals surface area contributed by atoms with Crippen LogP contribution in [-0.4, -0.2) is 37.2 Å². The average Bonchev–Trinajstić information content (AvgIpc) is 3.07. The minimum absolute atomic E-state index is 0.0232. The van der Waals surface area contributed by atoms with E-state index < -0.39 is 11.0 Å². The van der Waals surface area contributed by atoms with E-state index in [9.17, 15) is 14.9 Å². The molecule has 27 heavy (non-hydrogen) atoms. The van der Waals surface area contributed by atoms with Crippen LogP contribution in [-0.2, 0) is 11.2 Å². The second-order valence-corrected chi connectivity index (χ2v) is 6.64. The number of hydrogen-bond acceptors (Lipinski definition) is 7. The number of carbonyl (C=O) groups is 1. The van der Waals surface area contributed by atoms with Crippen LogP contribution in [0.5, 0.6) is 0 Å². The van der Waals surface area contributed by atoms with Crippen LogP contribution in [0.25, 0.3) is 0 Å². The van der Waals surface area contributed by atoms with E-state index in [0.29, 0.717) is 48.6 Å². The van der Waals surface area contributed by atoms with Gasteiger partial charge in [0.1, 0.15) is 6.04 Å². The summed E-state index contributed by atoms with van der Waals surface area (Å²) in [5.74, 6) is 0.979. The molecule has 0 amide bonds. The normalized spacial score (nSPS) is 18.7. The van der Waals surface area contributed by atoms with Gasteiger partial charge in [-0.2, -0.15) is 10.1 Å². The van der Waals surface area contributed by atoms with E-state index >= 15 is 0 Å². The highest BCUT2D eigenvalue weighted by molar-refractivity contribution is 5.99. The Morgan fingerprint density at radius 3 is 2.93 bits per heavy atom. The van der Waals surface area contributed by atoms with Crippen molar-refractivity contribution in [2.75, 3.05) is 11.9 Å². The van der Waals surface area contributed by atoms with Gasteiger partial charge < -0.3 is 10.4 Å². The molecule has 0 saturated heterocycles. The quantitative estimate of drug-likeness (QED) is 0.611. The van der Waals surface area contributed by atoms with Crippen molar-refractivity contribution in [3.05, 3.63) is 57.0 Å². The number of ketones is 1. The van der Waals surface area contributed by atoms with Gasteiger partial charge in [-0.3, -0.25) is 14.9 Å². The molecular weight excluding hydrogens is 350 g/mol. The second kappa shape index (κ2) is 6.92. The van der Waals surface area contributed by atoms with Crippen molar-refractivity contribution in [1.29, 1.82) is 0 Å². The first-order valence-corrected chi connectivity index (χ1v) is 8.93. The van der Waals surface area contributed by atoms with E-state index in [2.05, 4.69) is 15.4 Å². The molecule has 0 spiro atoms. The molecule has 1 aliphatic heterocycles. The van der Waals surface area contributed by atoms with E-state index in [0.717, 1.165) is 12.1 Å². The monoisotopic (exact) mass is 369 g/mol. The first-order valence-electron chi connectivity index (χ1n) is 8.93. The van der Waals surface area contributed by atoms with E-state index in [1.165, 1.54) is 6.07 Å². The number of aromatic nitrogens is 3. The molecule has 4 rings (SSSR count). The van der Waals surface area contributed by atoms with E-state index in [4.69, 9.17) is 5.11 Å². The molecular formula is C18H19N5O4. The third kappa shape index (κ3) is 2.99. The number of carbonyl (C=O) groups excluding carboxylic acids is 1. The van der Waals surface area contributed by atoms with Crippen LogP contribution in [0.3, 0.4) is 0 Å². The van der Waals surface area contributed by atoms with Gasteiger partial charge in [0, 0.05) is 36.8 Å². The molecule has 2 aromatic rings. The van der Waals surface area contributed by atoms with Crippen LogP contribution in [0, 0.1) is 10.1 Å². The van der Waals surface area contributed by atoms with Gasteiger partial charge >= 0.3 is 0 Å². The maximum Gasteiger partial charge on any atom is 0.275 e. The van der Waals surface area contributed by atoms with Crippen LogP contribution in [0.2, 0.25) is 0 Å². The van der Waals surface area contributed by atoms with Gasteiger partial charge in [0.25, 0.3) is 5.69 Å². The van der Waals surface area contributed by atoms with Crippen molar-refractivity contribution in [3.63, 3.8) is 0 Å². The van der Waals surface area contributed by atoms with Crippen molar-refractivity contribution in [2.45, 2.75) is 38.1 Å². The zero-order valence-corrected chi connectivity index (χ0v) is 14.6. The number of anilines is 1. The van der Waals surface area contributed by atoms with Crippen LogP contribution in [0.4, 0.5) is 11.6 Å². The first-order chi connectivity index (χ1) is 13.1. The Hall–Kier alpha value is -3.07. The number of fused-ring (bicyclic) bond motifs is 1. The molecule has 0 saturated carbocycles. The Morgan fingerprint density at radius 2 is 2.15 bits per heavy atom. The molecule has 1 aliphatic carbocycles. The fourth-order valence-electron chi connectivity index (χ4n) is 3.72. The highest BCUT2D eigenvalue weighted by Crippen LogP contribution is 2.42. The molecule has 0 bridgehead atoms. The number of rotatable bonds is 5. The van der Waals surface area contributed by atoms with E-state index in [1.54, 1.807) is 22.9 Å². The average molecular weight is 369 g/mol. The number of aryl methyl sites for hydroxylation is 1. The SMILES string of the molecule is O=C1CCCC2=C1C(c1ccccc1[N+](=O)[O-])n1nc(CCCO)nc1N2. The summed E-state index contributed by atoms with van der Waals surface area (Å²) in [5.41, 5.74) is 1.67.